The largest absolute Gasteiger partial charge is 0.465 e. The molecule has 19 heavy (non-hydrogen) atoms. The van der Waals surface area contributed by atoms with E-state index in [1.165, 1.54) is 14.2 Å². The van der Waals surface area contributed by atoms with Crippen molar-refractivity contribution in [1.82, 2.24) is 5.32 Å². The Morgan fingerprint density at radius 3 is 2.37 bits per heavy atom. The summed E-state index contributed by atoms with van der Waals surface area (Å²) < 4.78 is 9.51. The predicted octanol–water partition coefficient (Wildman–Crippen LogP) is 0.0631. The highest BCUT2D eigenvalue weighted by Crippen LogP contribution is 2.05. The zero-order chi connectivity index (χ0) is 14.3. The minimum Gasteiger partial charge on any atom is -0.465 e. The van der Waals surface area contributed by atoms with Gasteiger partial charge in [0, 0.05) is 20.2 Å². The van der Waals surface area contributed by atoms with Gasteiger partial charge in [-0.15, -0.1) is 0 Å². The lowest BCUT2D eigenvalue weighted by Gasteiger charge is -2.13. The third kappa shape index (κ3) is 4.35. The molecule has 0 bridgehead atoms. The highest BCUT2D eigenvalue weighted by Gasteiger charge is 2.14. The Labute approximate surface area is 111 Å². The lowest BCUT2D eigenvalue weighted by Crippen LogP contribution is -2.40. The summed E-state index contributed by atoms with van der Waals surface area (Å²) in [7, 11) is 2.76. The standard InChI is InChI=1S/C13H18N2O4/c1-18-11(7-14)12(16)15-8-9-3-5-10(6-4-9)13(17)19-2/h3-6,11H,7-8,14H2,1-2H3,(H,15,16). The average Bonchev–Trinajstić information content (AvgIpc) is 2.46. The number of esters is 1. The van der Waals surface area contributed by atoms with E-state index in [2.05, 4.69) is 10.1 Å². The molecule has 1 unspecified atom stereocenters. The van der Waals surface area contributed by atoms with Crippen molar-refractivity contribution >= 4 is 11.9 Å². The number of amides is 1. The average molecular weight is 266 g/mol. The SMILES string of the molecule is COC(=O)c1ccc(CNC(=O)C(CN)OC)cc1. The molecule has 6 nitrogen and oxygen atoms in total. The Kier molecular flexibility index (Phi) is 5.98. The minimum atomic E-state index is -0.644. The molecular formula is C13H18N2O4. The van der Waals surface area contributed by atoms with Gasteiger partial charge in [0.1, 0.15) is 6.10 Å². The summed E-state index contributed by atoms with van der Waals surface area (Å²) in [5.74, 6) is -0.653. The molecular weight excluding hydrogens is 248 g/mol. The number of hydrogen-bond acceptors (Lipinski definition) is 5. The van der Waals surface area contributed by atoms with Crippen molar-refractivity contribution in [3.8, 4) is 0 Å². The molecule has 0 aliphatic rings. The number of nitrogens with one attached hydrogen (secondary N) is 1. The summed E-state index contributed by atoms with van der Waals surface area (Å²) in [5, 5.41) is 2.70. The smallest absolute Gasteiger partial charge is 0.337 e. The first-order chi connectivity index (χ1) is 9.12. The number of benzene rings is 1. The second kappa shape index (κ2) is 7.50. The number of carbonyl (C=O) groups excluding carboxylic acids is 2. The monoisotopic (exact) mass is 266 g/mol. The van der Waals surface area contributed by atoms with Crippen LogP contribution >= 0.6 is 0 Å². The van der Waals surface area contributed by atoms with E-state index in [1.54, 1.807) is 24.3 Å². The molecule has 0 aliphatic carbocycles. The summed E-state index contributed by atoms with van der Waals surface area (Å²) >= 11 is 0. The van der Waals surface area contributed by atoms with Crippen LogP contribution in [-0.2, 0) is 20.8 Å². The van der Waals surface area contributed by atoms with Gasteiger partial charge in [0.25, 0.3) is 5.91 Å². The summed E-state index contributed by atoms with van der Waals surface area (Å²) in [6.45, 7) is 0.476. The summed E-state index contributed by atoms with van der Waals surface area (Å²) in [6, 6.07) is 6.78. The molecule has 0 heterocycles. The first-order valence-corrected chi connectivity index (χ1v) is 5.80. The third-order valence-corrected chi connectivity index (χ3v) is 2.63. The highest BCUT2D eigenvalue weighted by atomic mass is 16.5. The molecule has 0 saturated carbocycles. The fourth-order valence-electron chi connectivity index (χ4n) is 1.49. The van der Waals surface area contributed by atoms with Crippen LogP contribution in [-0.4, -0.2) is 38.7 Å². The quantitative estimate of drug-likeness (QED) is 0.711. The van der Waals surface area contributed by atoms with E-state index < -0.39 is 12.1 Å². The Balaban J connectivity index is 2.54. The van der Waals surface area contributed by atoms with E-state index >= 15 is 0 Å². The molecule has 0 aromatic heterocycles. The van der Waals surface area contributed by atoms with Crippen molar-refractivity contribution in [2.24, 2.45) is 5.73 Å². The number of rotatable bonds is 6. The molecule has 0 spiro atoms. The normalized spacial score (nSPS) is 11.7. The van der Waals surface area contributed by atoms with Gasteiger partial charge in [0.2, 0.25) is 0 Å². The minimum absolute atomic E-state index is 0.129. The zero-order valence-electron chi connectivity index (χ0n) is 11.0. The van der Waals surface area contributed by atoms with Crippen LogP contribution in [0.15, 0.2) is 24.3 Å². The van der Waals surface area contributed by atoms with Crippen LogP contribution in [0.3, 0.4) is 0 Å². The Morgan fingerprint density at radius 2 is 1.89 bits per heavy atom. The first kappa shape index (κ1) is 15.1. The Bertz CT molecular complexity index is 427. The lowest BCUT2D eigenvalue weighted by atomic mass is 10.1. The van der Waals surface area contributed by atoms with Gasteiger partial charge in [-0.1, -0.05) is 12.1 Å². The van der Waals surface area contributed by atoms with E-state index in [0.717, 1.165) is 5.56 Å². The molecule has 1 aromatic rings. The fraction of sp³-hybridized carbons (Fsp3) is 0.385. The van der Waals surface area contributed by atoms with E-state index in [4.69, 9.17) is 10.5 Å². The third-order valence-electron chi connectivity index (χ3n) is 2.63. The van der Waals surface area contributed by atoms with Crippen molar-refractivity contribution in [2.45, 2.75) is 12.6 Å². The van der Waals surface area contributed by atoms with Crippen molar-refractivity contribution in [2.75, 3.05) is 20.8 Å². The molecule has 104 valence electrons. The van der Waals surface area contributed by atoms with Crippen molar-refractivity contribution in [3.63, 3.8) is 0 Å². The summed E-state index contributed by atoms with van der Waals surface area (Å²) in [5.41, 5.74) is 6.72. The molecule has 1 aromatic carbocycles. The predicted molar refractivity (Wildman–Crippen MR) is 69.5 cm³/mol. The van der Waals surface area contributed by atoms with E-state index in [9.17, 15) is 9.59 Å². The maximum absolute atomic E-state index is 11.6. The van der Waals surface area contributed by atoms with Gasteiger partial charge < -0.3 is 20.5 Å². The second-order valence-corrected chi connectivity index (χ2v) is 3.87. The molecule has 1 amide bonds. The maximum atomic E-state index is 11.6. The Hall–Kier alpha value is -1.92. The van der Waals surface area contributed by atoms with Gasteiger partial charge >= 0.3 is 5.97 Å². The van der Waals surface area contributed by atoms with Crippen LogP contribution in [0.1, 0.15) is 15.9 Å². The highest BCUT2D eigenvalue weighted by molar-refractivity contribution is 5.89. The zero-order valence-corrected chi connectivity index (χ0v) is 11.0. The fourth-order valence-corrected chi connectivity index (χ4v) is 1.49. The van der Waals surface area contributed by atoms with Gasteiger partial charge in [0.15, 0.2) is 0 Å². The number of nitrogens with two attached hydrogens (primary N) is 1. The van der Waals surface area contributed by atoms with Gasteiger partial charge in [-0.05, 0) is 17.7 Å². The number of carbonyl (C=O) groups is 2. The van der Waals surface area contributed by atoms with Crippen molar-refractivity contribution < 1.29 is 19.1 Å². The molecule has 1 rings (SSSR count). The maximum Gasteiger partial charge on any atom is 0.337 e. The topological polar surface area (TPSA) is 90.7 Å². The van der Waals surface area contributed by atoms with E-state index in [1.807, 2.05) is 0 Å². The van der Waals surface area contributed by atoms with Crippen LogP contribution in [0.4, 0.5) is 0 Å². The van der Waals surface area contributed by atoms with Gasteiger partial charge in [-0.3, -0.25) is 4.79 Å². The van der Waals surface area contributed by atoms with Crippen LogP contribution < -0.4 is 11.1 Å². The molecule has 1 atom stereocenters. The number of ether oxygens (including phenoxy) is 2. The van der Waals surface area contributed by atoms with Crippen LogP contribution in [0.5, 0.6) is 0 Å². The lowest BCUT2D eigenvalue weighted by molar-refractivity contribution is -0.130. The first-order valence-electron chi connectivity index (χ1n) is 5.80. The molecule has 0 fully saturated rings. The van der Waals surface area contributed by atoms with E-state index in [0.29, 0.717) is 12.1 Å². The van der Waals surface area contributed by atoms with Crippen LogP contribution in [0, 0.1) is 0 Å². The molecule has 0 radical (unpaired) electrons. The molecule has 0 saturated heterocycles. The number of hydrogen-bond donors (Lipinski definition) is 2. The van der Waals surface area contributed by atoms with Crippen LogP contribution in [0.2, 0.25) is 0 Å². The van der Waals surface area contributed by atoms with Gasteiger partial charge in [0.05, 0.1) is 12.7 Å². The molecule has 6 heteroatoms. The molecule has 3 N–H and O–H groups in total. The Morgan fingerprint density at radius 1 is 1.26 bits per heavy atom. The summed E-state index contributed by atoms with van der Waals surface area (Å²) in [6.07, 6.45) is -0.644. The van der Waals surface area contributed by atoms with Crippen molar-refractivity contribution in [3.05, 3.63) is 35.4 Å². The molecule has 0 aliphatic heterocycles. The van der Waals surface area contributed by atoms with Crippen molar-refractivity contribution in [1.29, 1.82) is 0 Å². The van der Waals surface area contributed by atoms with Crippen LogP contribution in [0.25, 0.3) is 0 Å². The van der Waals surface area contributed by atoms with Gasteiger partial charge in [-0.2, -0.15) is 0 Å². The second-order valence-electron chi connectivity index (χ2n) is 3.87. The van der Waals surface area contributed by atoms with E-state index in [-0.39, 0.29) is 12.5 Å². The summed E-state index contributed by atoms with van der Waals surface area (Å²) in [4.78, 5) is 22.8. The number of methoxy groups -OCH3 is 2. The van der Waals surface area contributed by atoms with Gasteiger partial charge in [-0.25, -0.2) is 4.79 Å².